The first-order valence-corrected chi connectivity index (χ1v) is 18.4. The zero-order chi connectivity index (χ0) is 43.0. The highest BCUT2D eigenvalue weighted by Crippen LogP contribution is 2.39. The van der Waals surface area contributed by atoms with Gasteiger partial charge in [-0.1, -0.05) is 0 Å². The minimum atomic E-state index is -2.02. The molecule has 59 heavy (non-hydrogen) atoms. The van der Waals surface area contributed by atoms with Gasteiger partial charge in [0, 0.05) is 17.7 Å². The Kier molecular flexibility index (Phi) is 13.6. The molecule has 4 heterocycles. The fraction of sp³-hybridized carbons (Fsp3) is 0.568. The Morgan fingerprint density at radius 2 is 1.34 bits per heavy atom. The third kappa shape index (κ3) is 8.96. The third-order valence-electron chi connectivity index (χ3n) is 10.2. The van der Waals surface area contributed by atoms with Gasteiger partial charge in [-0.3, -0.25) is 9.59 Å². The van der Waals surface area contributed by atoms with Crippen molar-refractivity contribution < 1.29 is 104 Å². The summed E-state index contributed by atoms with van der Waals surface area (Å²) in [7, 11) is 0. The number of carbonyl (C=O) groups excluding carboxylic acids is 1. The molecular weight excluding hydrogens is 796 g/mol. The first kappa shape index (κ1) is 44.3. The van der Waals surface area contributed by atoms with E-state index < -0.39 is 146 Å². The number of phenolic OH excluding ortho intramolecular Hbond substituents is 2. The lowest BCUT2D eigenvalue weighted by Crippen LogP contribution is -2.64. The number of hydrogen-bond donors (Lipinski definition) is 12. The molecule has 2 aromatic carbocycles. The quantitative estimate of drug-likeness (QED) is 0.0780. The number of hydrogen-bond acceptors (Lipinski definition) is 22. The summed E-state index contributed by atoms with van der Waals surface area (Å²) in [5.41, 5.74) is -1.24. The van der Waals surface area contributed by atoms with Crippen LogP contribution in [0.1, 0.15) is 13.8 Å². The smallest absolute Gasteiger partial charge is 0.311 e. The van der Waals surface area contributed by atoms with Crippen molar-refractivity contribution in [1.29, 1.82) is 0 Å². The van der Waals surface area contributed by atoms with Crippen LogP contribution in [0.15, 0.2) is 45.6 Å². The van der Waals surface area contributed by atoms with E-state index in [0.29, 0.717) is 0 Å². The lowest BCUT2D eigenvalue weighted by Gasteiger charge is -2.45. The lowest BCUT2D eigenvalue weighted by molar-refractivity contribution is -0.349. The first-order valence-electron chi connectivity index (χ1n) is 18.4. The molecule has 0 unspecified atom stereocenters. The predicted octanol–water partition coefficient (Wildman–Crippen LogP) is -3.74. The Balaban J connectivity index is 1.25. The zero-order valence-corrected chi connectivity index (χ0v) is 31.3. The van der Waals surface area contributed by atoms with Crippen LogP contribution in [0.4, 0.5) is 0 Å². The number of rotatable bonds is 12. The Hall–Kier alpha value is -4.24. The molecule has 3 aliphatic rings. The van der Waals surface area contributed by atoms with Crippen molar-refractivity contribution in [1.82, 2.24) is 0 Å². The van der Waals surface area contributed by atoms with Gasteiger partial charge in [-0.25, -0.2) is 0 Å². The molecule has 16 atom stereocenters. The van der Waals surface area contributed by atoms with Gasteiger partial charge in [-0.2, -0.15) is 0 Å². The maximum absolute atomic E-state index is 14.1. The van der Waals surface area contributed by atoms with Crippen molar-refractivity contribution in [3.8, 4) is 34.3 Å². The van der Waals surface area contributed by atoms with Gasteiger partial charge in [0.25, 0.3) is 0 Å². The van der Waals surface area contributed by atoms with Crippen molar-refractivity contribution in [2.75, 3.05) is 19.8 Å². The summed E-state index contributed by atoms with van der Waals surface area (Å²) < 4.78 is 45.0. The Morgan fingerprint density at radius 1 is 0.746 bits per heavy atom. The molecule has 0 aliphatic carbocycles. The molecule has 0 saturated carbocycles. The van der Waals surface area contributed by atoms with E-state index in [1.807, 2.05) is 0 Å². The molecule has 0 radical (unpaired) electrons. The highest BCUT2D eigenvalue weighted by atomic mass is 16.7. The highest BCUT2D eigenvalue weighted by Gasteiger charge is 2.51. The maximum Gasteiger partial charge on any atom is 0.311 e. The molecule has 3 aliphatic heterocycles. The summed E-state index contributed by atoms with van der Waals surface area (Å²) in [6.07, 6.45) is -25.6. The monoisotopic (exact) mass is 842 g/mol. The Morgan fingerprint density at radius 3 is 1.98 bits per heavy atom. The van der Waals surface area contributed by atoms with Gasteiger partial charge in [0.05, 0.1) is 25.2 Å². The van der Waals surface area contributed by atoms with Crippen LogP contribution < -0.4 is 14.9 Å². The largest absolute Gasteiger partial charge is 0.508 e. The molecule has 0 spiro atoms. The normalized spacial score (nSPS) is 35.6. The van der Waals surface area contributed by atoms with Gasteiger partial charge >= 0.3 is 5.97 Å². The van der Waals surface area contributed by atoms with Gasteiger partial charge in [0.2, 0.25) is 23.8 Å². The molecule has 3 fully saturated rings. The van der Waals surface area contributed by atoms with Gasteiger partial charge < -0.3 is 98.9 Å². The predicted molar refractivity (Wildman–Crippen MR) is 191 cm³/mol. The number of phenols is 2. The SMILES string of the molecule is C[C@@H]1O[C@@H](Oc2c(-c3ccc(O)cc3)oc3cc(O[C@@H]4O[C@H](CO)[C@@H](O)[C@H](O)[C@H]4O)cc(O)c3c2=O)[C@H](O)[C@H](O)[C@H]1O[C@@H]1O[C@H](COC(=O)[C@@H](C)CO)[C@@H](O)[C@H](O)[C@H]1O. The second kappa shape index (κ2) is 18.2. The van der Waals surface area contributed by atoms with Crippen molar-refractivity contribution in [2.24, 2.45) is 5.92 Å². The minimum Gasteiger partial charge on any atom is -0.508 e. The molecule has 3 aromatic rings. The fourth-order valence-electron chi connectivity index (χ4n) is 6.64. The van der Waals surface area contributed by atoms with Crippen LogP contribution in [-0.4, -0.2) is 179 Å². The number of carbonyl (C=O) groups is 1. The molecule has 326 valence electrons. The standard InChI is InChI=1S/C37H46O22/c1-12(9-38)34(51)52-11-20-23(43)26(46)29(49)37(57-20)58-31-13(2)53-35(30(50)27(31)47)59-33-24(44)21-17(41)7-16(54-36-28(48)25(45)22(42)19(10-39)56-36)8-18(21)55-32(33)14-3-5-15(40)6-4-14/h3-8,12-13,19-20,22-23,25-31,35-43,45-50H,9-11H2,1-2H3/t12-,13-,19+,20+,22+,23+,25-,26-,27-,28+,29+,30+,31-,35-,36+,37-/m0/s1. The van der Waals surface area contributed by atoms with Crippen molar-refractivity contribution >= 4 is 16.9 Å². The summed E-state index contributed by atoms with van der Waals surface area (Å²) in [4.78, 5) is 26.2. The van der Waals surface area contributed by atoms with Crippen molar-refractivity contribution in [3.63, 3.8) is 0 Å². The van der Waals surface area contributed by atoms with Gasteiger partial charge in [-0.15, -0.1) is 0 Å². The summed E-state index contributed by atoms with van der Waals surface area (Å²) in [6.45, 7) is 0.854. The topological polar surface area (TPSA) is 355 Å². The number of aliphatic hydroxyl groups excluding tert-OH is 10. The average Bonchev–Trinajstić information content (AvgIpc) is 3.21. The van der Waals surface area contributed by atoms with E-state index in [9.17, 15) is 70.9 Å². The third-order valence-corrected chi connectivity index (χ3v) is 10.2. The van der Waals surface area contributed by atoms with Crippen LogP contribution in [0.2, 0.25) is 0 Å². The summed E-state index contributed by atoms with van der Waals surface area (Å²) in [6, 6.07) is 7.23. The van der Waals surface area contributed by atoms with Crippen LogP contribution in [0.25, 0.3) is 22.3 Å². The molecule has 3 saturated heterocycles. The fourth-order valence-corrected chi connectivity index (χ4v) is 6.64. The second-order valence-electron chi connectivity index (χ2n) is 14.4. The van der Waals surface area contributed by atoms with E-state index in [4.69, 9.17) is 37.6 Å². The zero-order valence-electron chi connectivity index (χ0n) is 31.3. The van der Waals surface area contributed by atoms with E-state index in [1.54, 1.807) is 0 Å². The van der Waals surface area contributed by atoms with E-state index in [2.05, 4.69) is 0 Å². The van der Waals surface area contributed by atoms with E-state index in [1.165, 1.54) is 38.1 Å². The number of benzene rings is 2. The molecule has 12 N–H and O–H groups in total. The molecule has 1 aromatic heterocycles. The lowest BCUT2D eigenvalue weighted by atomic mass is 9.97. The highest BCUT2D eigenvalue weighted by molar-refractivity contribution is 5.88. The number of fused-ring (bicyclic) bond motifs is 1. The summed E-state index contributed by atoms with van der Waals surface area (Å²) in [5, 5.41) is 124. The van der Waals surface area contributed by atoms with Gasteiger partial charge in [-0.05, 0) is 38.1 Å². The van der Waals surface area contributed by atoms with Crippen LogP contribution in [-0.2, 0) is 28.5 Å². The van der Waals surface area contributed by atoms with Gasteiger partial charge in [0.15, 0.2) is 12.1 Å². The maximum atomic E-state index is 14.1. The van der Waals surface area contributed by atoms with Crippen molar-refractivity contribution in [2.45, 2.75) is 106 Å². The van der Waals surface area contributed by atoms with E-state index >= 15 is 0 Å². The van der Waals surface area contributed by atoms with Gasteiger partial charge in [0.1, 0.15) is 102 Å². The number of esters is 1. The Bertz CT molecular complexity index is 1970. The number of ether oxygens (including phenoxy) is 7. The number of aromatic hydroxyl groups is 2. The molecule has 0 bridgehead atoms. The van der Waals surface area contributed by atoms with Crippen molar-refractivity contribution in [3.05, 3.63) is 46.6 Å². The van der Waals surface area contributed by atoms with Crippen LogP contribution in [0.3, 0.4) is 0 Å². The average molecular weight is 843 g/mol. The molecule has 0 amide bonds. The molecule has 22 heteroatoms. The summed E-state index contributed by atoms with van der Waals surface area (Å²) >= 11 is 0. The summed E-state index contributed by atoms with van der Waals surface area (Å²) in [5.74, 6) is -3.92. The number of aliphatic hydroxyl groups is 10. The molecular formula is C37H46O22. The van der Waals surface area contributed by atoms with Crippen LogP contribution in [0.5, 0.6) is 23.0 Å². The van der Waals surface area contributed by atoms with E-state index in [-0.39, 0.29) is 28.4 Å². The molecule has 22 nitrogen and oxygen atoms in total. The Labute approximate surface area is 333 Å². The van der Waals surface area contributed by atoms with E-state index in [0.717, 1.165) is 12.1 Å². The van der Waals surface area contributed by atoms with Crippen LogP contribution >= 0.6 is 0 Å². The second-order valence-corrected chi connectivity index (χ2v) is 14.4. The van der Waals surface area contributed by atoms with Crippen LogP contribution in [0, 0.1) is 5.92 Å². The molecule has 6 rings (SSSR count). The minimum absolute atomic E-state index is 0.117. The first-order chi connectivity index (χ1) is 27.9.